The molecule has 0 saturated heterocycles. The second-order valence-electron chi connectivity index (χ2n) is 2.28. The van der Waals surface area contributed by atoms with Gasteiger partial charge in [-0.15, -0.1) is 11.3 Å². The maximum absolute atomic E-state index is 5.68. The zero-order valence-electron chi connectivity index (χ0n) is 6.43. The Morgan fingerprint density at radius 3 is 2.64 bits per heavy atom. The molecule has 0 saturated carbocycles. The van der Waals surface area contributed by atoms with E-state index in [4.69, 9.17) is 10.5 Å². The summed E-state index contributed by atoms with van der Waals surface area (Å²) in [5.41, 5.74) is 5.68. The van der Waals surface area contributed by atoms with Crippen LogP contribution in [0.15, 0.2) is 10.5 Å². The Bertz CT molecular complexity index is 247. The number of thiophene rings is 1. The topological polar surface area (TPSA) is 35.2 Å². The van der Waals surface area contributed by atoms with E-state index in [2.05, 4.69) is 15.9 Å². The van der Waals surface area contributed by atoms with Crippen molar-refractivity contribution in [2.75, 3.05) is 7.11 Å². The number of ether oxygens (including phenoxy) is 1. The summed E-state index contributed by atoms with van der Waals surface area (Å²) in [6.07, 6.45) is 0. The van der Waals surface area contributed by atoms with Crippen molar-refractivity contribution in [1.29, 1.82) is 0 Å². The quantitative estimate of drug-likeness (QED) is 0.856. The van der Waals surface area contributed by atoms with E-state index in [1.807, 2.05) is 13.0 Å². The maximum atomic E-state index is 5.68. The van der Waals surface area contributed by atoms with Gasteiger partial charge in [0.2, 0.25) is 0 Å². The average Bonchev–Trinajstić information content (AvgIpc) is 2.31. The maximum Gasteiger partial charge on any atom is 0.188 e. The highest BCUT2D eigenvalue weighted by atomic mass is 79.9. The van der Waals surface area contributed by atoms with Crippen LogP contribution >= 0.6 is 27.3 Å². The van der Waals surface area contributed by atoms with E-state index in [0.717, 1.165) is 14.4 Å². The number of hydrogen-bond donors (Lipinski definition) is 1. The van der Waals surface area contributed by atoms with Gasteiger partial charge in [-0.25, -0.2) is 0 Å². The van der Waals surface area contributed by atoms with Crippen LogP contribution in [0.4, 0.5) is 0 Å². The molecule has 0 spiro atoms. The molecule has 0 aliphatic carbocycles. The van der Waals surface area contributed by atoms with Gasteiger partial charge in [-0.2, -0.15) is 0 Å². The molecule has 1 heterocycles. The molecule has 1 atom stereocenters. The molecule has 11 heavy (non-hydrogen) atoms. The van der Waals surface area contributed by atoms with Gasteiger partial charge in [-0.05, 0) is 28.9 Å². The lowest BCUT2D eigenvalue weighted by molar-refractivity contribution is 0.425. The first-order valence-electron chi connectivity index (χ1n) is 3.24. The molecule has 0 amide bonds. The SMILES string of the molecule is COc1sc(C(C)N)cc1Br. The predicted molar refractivity (Wildman–Crippen MR) is 51.2 cm³/mol. The van der Waals surface area contributed by atoms with Crippen LogP contribution in [0.25, 0.3) is 0 Å². The second-order valence-corrected chi connectivity index (χ2v) is 4.18. The molecular weight excluding hydrogens is 226 g/mol. The van der Waals surface area contributed by atoms with Gasteiger partial charge >= 0.3 is 0 Å². The molecule has 0 aromatic carbocycles. The Balaban J connectivity index is 2.95. The predicted octanol–water partition coefficient (Wildman–Crippen LogP) is 2.54. The molecule has 1 aromatic heterocycles. The van der Waals surface area contributed by atoms with Crippen molar-refractivity contribution >= 4 is 27.3 Å². The van der Waals surface area contributed by atoms with Gasteiger partial charge in [0.05, 0.1) is 11.6 Å². The number of nitrogens with two attached hydrogens (primary N) is 1. The van der Waals surface area contributed by atoms with Crippen LogP contribution in [0.1, 0.15) is 17.8 Å². The van der Waals surface area contributed by atoms with Gasteiger partial charge in [-0.1, -0.05) is 0 Å². The van der Waals surface area contributed by atoms with Gasteiger partial charge in [0.1, 0.15) is 0 Å². The van der Waals surface area contributed by atoms with E-state index in [0.29, 0.717) is 0 Å². The molecule has 1 unspecified atom stereocenters. The lowest BCUT2D eigenvalue weighted by Gasteiger charge is -1.97. The second kappa shape index (κ2) is 3.56. The van der Waals surface area contributed by atoms with E-state index >= 15 is 0 Å². The van der Waals surface area contributed by atoms with Crippen LogP contribution in [0, 0.1) is 0 Å². The highest BCUT2D eigenvalue weighted by Gasteiger charge is 2.08. The first kappa shape index (κ1) is 9.03. The largest absolute Gasteiger partial charge is 0.486 e. The zero-order chi connectivity index (χ0) is 8.43. The third-order valence-corrected chi connectivity index (χ3v) is 3.46. The summed E-state index contributed by atoms with van der Waals surface area (Å²) in [7, 11) is 1.65. The van der Waals surface area contributed by atoms with Crippen LogP contribution in [0.2, 0.25) is 0 Å². The summed E-state index contributed by atoms with van der Waals surface area (Å²) in [6.45, 7) is 1.96. The normalized spacial score (nSPS) is 13.1. The number of rotatable bonds is 2. The van der Waals surface area contributed by atoms with Gasteiger partial charge in [0.25, 0.3) is 0 Å². The highest BCUT2D eigenvalue weighted by Crippen LogP contribution is 2.36. The lowest BCUT2D eigenvalue weighted by atomic mass is 10.3. The van der Waals surface area contributed by atoms with Gasteiger partial charge in [-0.3, -0.25) is 0 Å². The molecule has 1 aromatic rings. The van der Waals surface area contributed by atoms with Crippen molar-refractivity contribution in [2.45, 2.75) is 13.0 Å². The molecule has 0 bridgehead atoms. The Kier molecular flexibility index (Phi) is 2.92. The summed E-state index contributed by atoms with van der Waals surface area (Å²) >= 11 is 4.95. The van der Waals surface area contributed by atoms with Crippen molar-refractivity contribution in [2.24, 2.45) is 5.73 Å². The Hall–Kier alpha value is -0.0600. The van der Waals surface area contributed by atoms with E-state index in [1.54, 1.807) is 18.4 Å². The van der Waals surface area contributed by atoms with Crippen LogP contribution in [-0.4, -0.2) is 7.11 Å². The van der Waals surface area contributed by atoms with Crippen molar-refractivity contribution in [3.8, 4) is 5.06 Å². The van der Waals surface area contributed by atoms with Crippen LogP contribution in [0.5, 0.6) is 5.06 Å². The smallest absolute Gasteiger partial charge is 0.188 e. The molecule has 0 aliphatic heterocycles. The van der Waals surface area contributed by atoms with Crippen molar-refractivity contribution in [3.05, 3.63) is 15.4 Å². The minimum atomic E-state index is 0.0835. The summed E-state index contributed by atoms with van der Waals surface area (Å²) in [5.74, 6) is 0. The van der Waals surface area contributed by atoms with E-state index in [9.17, 15) is 0 Å². The molecule has 62 valence electrons. The summed E-state index contributed by atoms with van der Waals surface area (Å²) in [6, 6.07) is 2.08. The standard InChI is InChI=1S/C7H10BrNOS/c1-4(9)6-3-5(8)7(10-2)11-6/h3-4H,9H2,1-2H3. The fourth-order valence-electron chi connectivity index (χ4n) is 0.733. The molecule has 2 nitrogen and oxygen atoms in total. The number of methoxy groups -OCH3 is 1. The summed E-state index contributed by atoms with van der Waals surface area (Å²) in [4.78, 5) is 1.13. The third-order valence-electron chi connectivity index (χ3n) is 1.31. The molecule has 2 N–H and O–H groups in total. The van der Waals surface area contributed by atoms with Crippen LogP contribution in [-0.2, 0) is 0 Å². The van der Waals surface area contributed by atoms with E-state index in [1.165, 1.54) is 0 Å². The van der Waals surface area contributed by atoms with Crippen LogP contribution < -0.4 is 10.5 Å². The Labute approximate surface area is 78.5 Å². The first-order valence-corrected chi connectivity index (χ1v) is 4.85. The highest BCUT2D eigenvalue weighted by molar-refractivity contribution is 9.10. The van der Waals surface area contributed by atoms with Gasteiger partial charge < -0.3 is 10.5 Å². The lowest BCUT2D eigenvalue weighted by Crippen LogP contribution is -2.01. The fraction of sp³-hybridized carbons (Fsp3) is 0.429. The van der Waals surface area contributed by atoms with Crippen molar-refractivity contribution in [3.63, 3.8) is 0 Å². The molecular formula is C7H10BrNOS. The average molecular weight is 236 g/mol. The fourth-order valence-corrected chi connectivity index (χ4v) is 2.35. The minimum Gasteiger partial charge on any atom is -0.486 e. The van der Waals surface area contributed by atoms with Gasteiger partial charge in [0, 0.05) is 10.9 Å². The van der Waals surface area contributed by atoms with E-state index in [-0.39, 0.29) is 6.04 Å². The molecule has 0 aliphatic rings. The summed E-state index contributed by atoms with van der Waals surface area (Å²) in [5, 5.41) is 0.886. The monoisotopic (exact) mass is 235 g/mol. The van der Waals surface area contributed by atoms with Crippen LogP contribution in [0.3, 0.4) is 0 Å². The molecule has 0 radical (unpaired) electrons. The molecule has 1 rings (SSSR count). The van der Waals surface area contributed by atoms with Crippen molar-refractivity contribution < 1.29 is 4.74 Å². The number of hydrogen-bond acceptors (Lipinski definition) is 3. The molecule has 4 heteroatoms. The van der Waals surface area contributed by atoms with Crippen molar-refractivity contribution in [1.82, 2.24) is 0 Å². The third kappa shape index (κ3) is 1.95. The molecule has 0 fully saturated rings. The first-order chi connectivity index (χ1) is 5.15. The van der Waals surface area contributed by atoms with E-state index < -0.39 is 0 Å². The van der Waals surface area contributed by atoms with Gasteiger partial charge in [0.15, 0.2) is 5.06 Å². The Morgan fingerprint density at radius 2 is 2.36 bits per heavy atom. The Morgan fingerprint density at radius 1 is 1.73 bits per heavy atom. The number of halogens is 1. The zero-order valence-corrected chi connectivity index (χ0v) is 8.83. The summed E-state index contributed by atoms with van der Waals surface area (Å²) < 4.78 is 6.08. The minimum absolute atomic E-state index is 0.0835.